The largest absolute Gasteiger partial charge is 0.338 e. The highest BCUT2D eigenvalue weighted by atomic mass is 35.5. The molecule has 7 heteroatoms. The number of thiophene rings is 1. The van der Waals surface area contributed by atoms with Gasteiger partial charge < -0.3 is 10.2 Å². The van der Waals surface area contributed by atoms with Crippen LogP contribution in [0.2, 0.25) is 0 Å². The van der Waals surface area contributed by atoms with Crippen molar-refractivity contribution in [2.24, 2.45) is 5.92 Å². The first-order valence-electron chi connectivity index (χ1n) is 10.1. The average Bonchev–Trinajstić information content (AvgIpc) is 3.28. The summed E-state index contributed by atoms with van der Waals surface area (Å²) in [5.74, 6) is 0.916. The smallest absolute Gasteiger partial charge is 0.264 e. The summed E-state index contributed by atoms with van der Waals surface area (Å²) in [5, 5.41) is 9.03. The first kappa shape index (κ1) is 21.8. The standard InChI is InChI=1S/C22H28N4OS.ClH/c1-16-19-14-20(21(27)25-12-9-17(10-13-25)8-11-23-2)28-22(19)26(24-16)15-18-6-4-3-5-7-18;/h3-7,14,17,23H,8-13,15H2,1-2H3;1H. The number of piperidine rings is 1. The third-order valence-electron chi connectivity index (χ3n) is 5.70. The minimum atomic E-state index is 0. The molecule has 0 aliphatic carbocycles. The number of benzene rings is 1. The number of nitrogens with one attached hydrogen (secondary N) is 1. The Labute approximate surface area is 182 Å². The van der Waals surface area contributed by atoms with Crippen LogP contribution in [0, 0.1) is 12.8 Å². The van der Waals surface area contributed by atoms with Crippen LogP contribution in [0.25, 0.3) is 10.2 Å². The summed E-state index contributed by atoms with van der Waals surface area (Å²) in [7, 11) is 2.00. The topological polar surface area (TPSA) is 50.2 Å². The molecule has 29 heavy (non-hydrogen) atoms. The molecule has 0 spiro atoms. The Hall–Kier alpha value is -1.89. The predicted octanol–water partition coefficient (Wildman–Crippen LogP) is 4.34. The molecule has 0 unspecified atom stereocenters. The van der Waals surface area contributed by atoms with Gasteiger partial charge in [-0.05, 0) is 57.3 Å². The Bertz CT molecular complexity index is 945. The number of carbonyl (C=O) groups excluding carboxylic acids is 1. The van der Waals surface area contributed by atoms with E-state index >= 15 is 0 Å². The second-order valence-corrected chi connectivity index (χ2v) is 8.72. The number of aromatic nitrogens is 2. The number of likely N-dealkylation sites (tertiary alicyclic amines) is 1. The van der Waals surface area contributed by atoms with Crippen LogP contribution in [0.3, 0.4) is 0 Å². The lowest BCUT2D eigenvalue weighted by Crippen LogP contribution is -2.38. The van der Waals surface area contributed by atoms with E-state index in [1.165, 1.54) is 12.0 Å². The van der Waals surface area contributed by atoms with Crippen LogP contribution in [-0.2, 0) is 6.54 Å². The number of hydrogen-bond donors (Lipinski definition) is 1. The van der Waals surface area contributed by atoms with Crippen molar-refractivity contribution in [2.45, 2.75) is 32.7 Å². The molecule has 1 aromatic carbocycles. The zero-order chi connectivity index (χ0) is 19.5. The molecule has 156 valence electrons. The molecule has 1 fully saturated rings. The summed E-state index contributed by atoms with van der Waals surface area (Å²) < 4.78 is 2.03. The Morgan fingerprint density at radius 2 is 1.97 bits per heavy atom. The average molecular weight is 433 g/mol. The molecule has 5 nitrogen and oxygen atoms in total. The van der Waals surface area contributed by atoms with Crippen molar-refractivity contribution in [3.8, 4) is 0 Å². The molecule has 1 saturated heterocycles. The summed E-state index contributed by atoms with van der Waals surface area (Å²) in [4.78, 5) is 17.0. The fourth-order valence-electron chi connectivity index (χ4n) is 4.01. The lowest BCUT2D eigenvalue weighted by molar-refractivity contribution is 0.0692. The third kappa shape index (κ3) is 4.82. The number of halogens is 1. The van der Waals surface area contributed by atoms with Crippen LogP contribution in [0.4, 0.5) is 0 Å². The molecule has 3 aromatic rings. The normalized spacial score (nSPS) is 14.9. The molecule has 0 radical (unpaired) electrons. The van der Waals surface area contributed by atoms with Gasteiger partial charge in [-0.3, -0.25) is 9.48 Å². The second-order valence-electron chi connectivity index (χ2n) is 7.69. The highest BCUT2D eigenvalue weighted by Crippen LogP contribution is 2.31. The van der Waals surface area contributed by atoms with Crippen molar-refractivity contribution in [1.82, 2.24) is 20.0 Å². The van der Waals surface area contributed by atoms with E-state index < -0.39 is 0 Å². The second kappa shape index (κ2) is 9.74. The van der Waals surface area contributed by atoms with Gasteiger partial charge in [0.25, 0.3) is 5.91 Å². The molecule has 1 amide bonds. The van der Waals surface area contributed by atoms with Crippen molar-refractivity contribution in [1.29, 1.82) is 0 Å². The minimum absolute atomic E-state index is 0. The predicted molar refractivity (Wildman–Crippen MR) is 122 cm³/mol. The molecule has 4 rings (SSSR count). The van der Waals surface area contributed by atoms with Crippen LogP contribution >= 0.6 is 23.7 Å². The fourth-order valence-corrected chi connectivity index (χ4v) is 5.14. The molecular formula is C22H29ClN4OS. The van der Waals surface area contributed by atoms with E-state index in [1.54, 1.807) is 11.3 Å². The van der Waals surface area contributed by atoms with Crippen LogP contribution in [-0.4, -0.2) is 47.3 Å². The first-order valence-corrected chi connectivity index (χ1v) is 10.9. The maximum absolute atomic E-state index is 13.1. The van der Waals surface area contributed by atoms with Gasteiger partial charge in [-0.2, -0.15) is 5.10 Å². The number of amides is 1. The van der Waals surface area contributed by atoms with Crippen LogP contribution < -0.4 is 5.32 Å². The monoisotopic (exact) mass is 432 g/mol. The minimum Gasteiger partial charge on any atom is -0.338 e. The van der Waals surface area contributed by atoms with Crippen LogP contribution in [0.1, 0.15) is 40.2 Å². The summed E-state index contributed by atoms with van der Waals surface area (Å²) in [6.07, 6.45) is 3.42. The number of fused-ring (bicyclic) bond motifs is 1. The number of rotatable bonds is 6. The van der Waals surface area contributed by atoms with E-state index in [4.69, 9.17) is 5.10 Å². The van der Waals surface area contributed by atoms with E-state index in [0.717, 1.165) is 65.7 Å². The highest BCUT2D eigenvalue weighted by molar-refractivity contribution is 7.20. The maximum Gasteiger partial charge on any atom is 0.264 e. The highest BCUT2D eigenvalue weighted by Gasteiger charge is 2.25. The van der Waals surface area contributed by atoms with Crippen molar-refractivity contribution < 1.29 is 4.79 Å². The lowest BCUT2D eigenvalue weighted by atomic mass is 9.93. The van der Waals surface area contributed by atoms with Gasteiger partial charge in [0, 0.05) is 18.5 Å². The van der Waals surface area contributed by atoms with Crippen LogP contribution in [0.15, 0.2) is 36.4 Å². The molecule has 1 aliphatic heterocycles. The van der Waals surface area contributed by atoms with Gasteiger partial charge in [-0.1, -0.05) is 30.3 Å². The number of carbonyl (C=O) groups is 1. The summed E-state index contributed by atoms with van der Waals surface area (Å²) in [6.45, 7) is 5.56. The SMILES string of the molecule is CNCCC1CCN(C(=O)c2cc3c(C)nn(Cc4ccccc4)c3s2)CC1.Cl. The zero-order valence-corrected chi connectivity index (χ0v) is 18.7. The Morgan fingerprint density at radius 1 is 1.24 bits per heavy atom. The van der Waals surface area contributed by atoms with Gasteiger partial charge in [0.2, 0.25) is 0 Å². The molecule has 0 atom stereocenters. The van der Waals surface area contributed by atoms with E-state index in [1.807, 2.05) is 47.8 Å². The molecule has 1 aliphatic rings. The Balaban J connectivity index is 0.00000240. The van der Waals surface area contributed by atoms with Crippen LogP contribution in [0.5, 0.6) is 0 Å². The molecular weight excluding hydrogens is 404 g/mol. The maximum atomic E-state index is 13.1. The van der Waals surface area contributed by atoms with E-state index in [2.05, 4.69) is 17.4 Å². The van der Waals surface area contributed by atoms with Gasteiger partial charge in [-0.25, -0.2) is 0 Å². The lowest BCUT2D eigenvalue weighted by Gasteiger charge is -2.31. The Kier molecular flexibility index (Phi) is 7.33. The van der Waals surface area contributed by atoms with Gasteiger partial charge in [0.1, 0.15) is 4.83 Å². The molecule has 0 saturated carbocycles. The Morgan fingerprint density at radius 3 is 2.66 bits per heavy atom. The van der Waals surface area contributed by atoms with Gasteiger partial charge in [-0.15, -0.1) is 23.7 Å². The van der Waals surface area contributed by atoms with Crippen molar-refractivity contribution >= 4 is 39.9 Å². The molecule has 2 aromatic heterocycles. The van der Waals surface area contributed by atoms with E-state index in [0.29, 0.717) is 0 Å². The van der Waals surface area contributed by atoms with Gasteiger partial charge >= 0.3 is 0 Å². The fraction of sp³-hybridized carbons (Fsp3) is 0.455. The number of hydrogen-bond acceptors (Lipinski definition) is 4. The van der Waals surface area contributed by atoms with Crippen molar-refractivity contribution in [3.63, 3.8) is 0 Å². The van der Waals surface area contributed by atoms with E-state index in [-0.39, 0.29) is 18.3 Å². The molecule has 0 bridgehead atoms. The number of aryl methyl sites for hydroxylation is 1. The molecule has 3 heterocycles. The quantitative estimate of drug-likeness (QED) is 0.630. The summed E-state index contributed by atoms with van der Waals surface area (Å²) in [6, 6.07) is 12.4. The summed E-state index contributed by atoms with van der Waals surface area (Å²) >= 11 is 1.58. The van der Waals surface area contributed by atoms with Gasteiger partial charge in [0.15, 0.2) is 0 Å². The van der Waals surface area contributed by atoms with Gasteiger partial charge in [0.05, 0.1) is 17.1 Å². The van der Waals surface area contributed by atoms with Crippen molar-refractivity contribution in [2.75, 3.05) is 26.7 Å². The molecule has 1 N–H and O–H groups in total. The third-order valence-corrected chi connectivity index (χ3v) is 6.83. The van der Waals surface area contributed by atoms with Crippen molar-refractivity contribution in [3.05, 3.63) is 52.5 Å². The first-order chi connectivity index (χ1) is 13.7. The zero-order valence-electron chi connectivity index (χ0n) is 17.1. The number of nitrogens with zero attached hydrogens (tertiary/aromatic N) is 3. The van der Waals surface area contributed by atoms with E-state index in [9.17, 15) is 4.79 Å². The summed E-state index contributed by atoms with van der Waals surface area (Å²) in [5.41, 5.74) is 2.21.